The molecule has 0 fully saturated rings. The van der Waals surface area contributed by atoms with Crippen LogP contribution in [0.2, 0.25) is 0 Å². The van der Waals surface area contributed by atoms with Gasteiger partial charge in [-0.3, -0.25) is 4.79 Å². The summed E-state index contributed by atoms with van der Waals surface area (Å²) in [5.41, 5.74) is -4.34. The zero-order chi connectivity index (χ0) is 28.2. The average Bonchev–Trinajstić information content (AvgIpc) is 2.91. The van der Waals surface area contributed by atoms with E-state index in [-0.39, 0.29) is 11.1 Å². The predicted octanol–water partition coefficient (Wildman–Crippen LogP) is 5.14. The molecule has 0 heterocycles. The normalized spacial score (nSPS) is 12.6. The van der Waals surface area contributed by atoms with Crippen LogP contribution in [0.1, 0.15) is 21.5 Å². The summed E-state index contributed by atoms with van der Waals surface area (Å²) in [5.74, 6) is -1.52. The highest BCUT2D eigenvalue weighted by molar-refractivity contribution is 7.92. The highest BCUT2D eigenvalue weighted by Gasteiger charge is 2.46. The quantitative estimate of drug-likeness (QED) is 0.295. The number of sulfone groups is 1. The van der Waals surface area contributed by atoms with Crippen LogP contribution in [0.25, 0.3) is 10.8 Å². The van der Waals surface area contributed by atoms with E-state index >= 15 is 0 Å². The minimum absolute atomic E-state index is 0.00503. The third-order valence-corrected chi connectivity index (χ3v) is 7.36. The summed E-state index contributed by atoms with van der Waals surface area (Å²) < 4.78 is 67.9. The van der Waals surface area contributed by atoms with Crippen molar-refractivity contribution in [2.24, 2.45) is 0 Å². The van der Waals surface area contributed by atoms with Gasteiger partial charge in [-0.05, 0) is 58.3 Å². The summed E-state index contributed by atoms with van der Waals surface area (Å²) in [5, 5.41) is 13.4. The van der Waals surface area contributed by atoms with Gasteiger partial charge >= 0.3 is 11.5 Å². The monoisotopic (exact) mass is 557 g/mol. The number of amides is 1. The summed E-state index contributed by atoms with van der Waals surface area (Å²) >= 11 is 0. The van der Waals surface area contributed by atoms with Gasteiger partial charge in [-0.1, -0.05) is 54.6 Å². The van der Waals surface area contributed by atoms with E-state index in [2.05, 4.69) is 5.32 Å². The molecule has 0 bridgehead atoms. The first kappa shape index (κ1) is 27.6. The summed E-state index contributed by atoms with van der Waals surface area (Å²) in [6, 6.07) is 22.1. The number of carboxylic acids is 1. The van der Waals surface area contributed by atoms with E-state index in [1.54, 1.807) is 24.3 Å². The molecular weight excluding hydrogens is 535 g/mol. The van der Waals surface area contributed by atoms with Gasteiger partial charge in [-0.2, -0.15) is 13.2 Å². The summed E-state index contributed by atoms with van der Waals surface area (Å²) in [6.07, 6.45) is -0.433. The molecule has 202 valence electrons. The zero-order valence-electron chi connectivity index (χ0n) is 20.2. The van der Waals surface area contributed by atoms with Crippen LogP contribution in [-0.4, -0.2) is 37.0 Å². The first-order valence-corrected chi connectivity index (χ1v) is 13.1. The molecule has 1 unspecified atom stereocenters. The van der Waals surface area contributed by atoms with Gasteiger partial charge in [0.25, 0.3) is 15.7 Å². The summed E-state index contributed by atoms with van der Waals surface area (Å²) in [6.45, 7) is 0.383. The first-order valence-electron chi connectivity index (χ1n) is 11.6. The second-order valence-electron chi connectivity index (χ2n) is 8.66. The lowest BCUT2D eigenvalue weighted by Crippen LogP contribution is -2.42. The maximum Gasteiger partial charge on any atom is 0.501 e. The van der Waals surface area contributed by atoms with Gasteiger partial charge in [0.15, 0.2) is 0 Å². The Labute approximate surface area is 221 Å². The van der Waals surface area contributed by atoms with E-state index in [9.17, 15) is 36.3 Å². The van der Waals surface area contributed by atoms with Crippen LogP contribution < -0.4 is 10.1 Å². The topological polar surface area (TPSA) is 110 Å². The Morgan fingerprint density at radius 3 is 2.21 bits per heavy atom. The molecule has 0 saturated carbocycles. The summed E-state index contributed by atoms with van der Waals surface area (Å²) in [4.78, 5) is 23.6. The number of benzene rings is 4. The molecule has 11 heteroatoms. The van der Waals surface area contributed by atoms with Gasteiger partial charge in [0.05, 0.1) is 4.90 Å². The third-order valence-electron chi connectivity index (χ3n) is 5.88. The molecule has 1 amide bonds. The second-order valence-corrected chi connectivity index (χ2v) is 10.6. The number of fused-ring (bicyclic) bond motifs is 1. The number of carboxylic acid groups (broad SMARTS) is 1. The van der Waals surface area contributed by atoms with Crippen molar-refractivity contribution in [2.45, 2.75) is 29.5 Å². The molecule has 4 rings (SSSR count). The van der Waals surface area contributed by atoms with Crippen molar-refractivity contribution in [3.63, 3.8) is 0 Å². The molecule has 0 aliphatic heterocycles. The number of carbonyl (C=O) groups excluding carboxylic acids is 1. The fourth-order valence-corrected chi connectivity index (χ4v) is 4.68. The lowest BCUT2D eigenvalue weighted by atomic mass is 10.0. The largest absolute Gasteiger partial charge is 0.501 e. The van der Waals surface area contributed by atoms with E-state index in [4.69, 9.17) is 4.74 Å². The highest BCUT2D eigenvalue weighted by Crippen LogP contribution is 2.30. The molecule has 4 aromatic carbocycles. The van der Waals surface area contributed by atoms with Gasteiger partial charge in [0.1, 0.15) is 18.4 Å². The van der Waals surface area contributed by atoms with Crippen molar-refractivity contribution in [3.05, 3.63) is 108 Å². The molecule has 0 aliphatic carbocycles. The molecule has 7 nitrogen and oxygen atoms in total. The van der Waals surface area contributed by atoms with E-state index < -0.39 is 44.6 Å². The Balaban J connectivity index is 1.47. The fourth-order valence-electron chi connectivity index (χ4n) is 3.85. The number of hydrogen-bond donors (Lipinski definition) is 2. The SMILES string of the molecule is O=C(NC(Cc1cccc(S(=O)(=O)C(F)(F)F)c1)C(=O)O)c1ccc2cc(OCc3ccccc3)ccc2c1. The van der Waals surface area contributed by atoms with E-state index in [0.29, 0.717) is 17.7 Å². The van der Waals surface area contributed by atoms with Gasteiger partial charge in [0.2, 0.25) is 0 Å². The lowest BCUT2D eigenvalue weighted by molar-refractivity contribution is -0.139. The van der Waals surface area contributed by atoms with Gasteiger partial charge in [-0.25, -0.2) is 13.2 Å². The van der Waals surface area contributed by atoms with Gasteiger partial charge in [0, 0.05) is 12.0 Å². The minimum atomic E-state index is -5.61. The molecule has 0 saturated heterocycles. The van der Waals surface area contributed by atoms with Crippen LogP contribution in [0.4, 0.5) is 13.2 Å². The zero-order valence-corrected chi connectivity index (χ0v) is 21.0. The first-order chi connectivity index (χ1) is 18.4. The Bertz CT molecular complexity index is 1620. The Morgan fingerprint density at radius 1 is 0.846 bits per heavy atom. The molecule has 2 N–H and O–H groups in total. The van der Waals surface area contributed by atoms with Crippen LogP contribution in [0.5, 0.6) is 5.75 Å². The number of alkyl halides is 3. The van der Waals surface area contributed by atoms with Crippen LogP contribution in [0.15, 0.2) is 95.9 Å². The van der Waals surface area contributed by atoms with Gasteiger partial charge in [-0.15, -0.1) is 0 Å². The number of rotatable bonds is 9. The van der Waals surface area contributed by atoms with E-state index in [0.717, 1.165) is 29.1 Å². The minimum Gasteiger partial charge on any atom is -0.489 e. The maximum absolute atomic E-state index is 12.9. The molecule has 0 aliphatic rings. The summed E-state index contributed by atoms with van der Waals surface area (Å²) in [7, 11) is -5.61. The number of ether oxygens (including phenoxy) is 1. The van der Waals surface area contributed by atoms with Gasteiger partial charge < -0.3 is 15.2 Å². The molecule has 1 atom stereocenters. The maximum atomic E-state index is 12.9. The second kappa shape index (κ2) is 11.2. The van der Waals surface area contributed by atoms with Crippen molar-refractivity contribution in [1.29, 1.82) is 0 Å². The van der Waals surface area contributed by atoms with Crippen molar-refractivity contribution in [3.8, 4) is 5.75 Å². The van der Waals surface area contributed by atoms with E-state index in [1.807, 2.05) is 36.4 Å². The van der Waals surface area contributed by atoms with Crippen molar-refractivity contribution in [1.82, 2.24) is 5.32 Å². The fraction of sp³-hybridized carbons (Fsp3) is 0.143. The van der Waals surface area contributed by atoms with Crippen LogP contribution >= 0.6 is 0 Å². The Kier molecular flexibility index (Phi) is 7.91. The number of halogens is 3. The third kappa shape index (κ3) is 6.55. The number of carbonyl (C=O) groups is 2. The van der Waals surface area contributed by atoms with Crippen LogP contribution in [-0.2, 0) is 27.7 Å². The van der Waals surface area contributed by atoms with Crippen molar-refractivity contribution >= 4 is 32.5 Å². The average molecular weight is 558 g/mol. The van der Waals surface area contributed by atoms with Crippen molar-refractivity contribution < 1.29 is 41.0 Å². The molecule has 0 aromatic heterocycles. The number of hydrogen-bond acceptors (Lipinski definition) is 5. The van der Waals surface area contributed by atoms with E-state index in [1.165, 1.54) is 12.1 Å². The van der Waals surface area contributed by atoms with Crippen LogP contribution in [0.3, 0.4) is 0 Å². The smallest absolute Gasteiger partial charge is 0.489 e. The highest BCUT2D eigenvalue weighted by atomic mass is 32.2. The van der Waals surface area contributed by atoms with Crippen LogP contribution in [0, 0.1) is 0 Å². The molecule has 0 radical (unpaired) electrons. The molecule has 39 heavy (non-hydrogen) atoms. The molecule has 4 aromatic rings. The molecular formula is C28H22F3NO6S. The standard InChI is InChI=1S/C28H22F3NO6S/c29-28(30,31)39(36,37)24-8-4-7-19(13-24)14-25(27(34)35)32-26(33)22-10-9-21-16-23(12-11-20(21)15-22)38-17-18-5-2-1-3-6-18/h1-13,15-16,25H,14,17H2,(H,32,33)(H,34,35). The Morgan fingerprint density at radius 2 is 1.51 bits per heavy atom. The van der Waals surface area contributed by atoms with Crippen molar-refractivity contribution in [2.75, 3.05) is 0 Å². The Hall–Kier alpha value is -4.38. The number of nitrogens with one attached hydrogen (secondary N) is 1. The lowest BCUT2D eigenvalue weighted by Gasteiger charge is -2.16. The molecule has 0 spiro atoms. The number of aliphatic carboxylic acids is 1. The predicted molar refractivity (Wildman–Crippen MR) is 137 cm³/mol.